The van der Waals surface area contributed by atoms with E-state index in [9.17, 15) is 5.11 Å². The summed E-state index contributed by atoms with van der Waals surface area (Å²) in [6, 6.07) is 4.06. The highest BCUT2D eigenvalue weighted by atomic mass is 35.5. The lowest BCUT2D eigenvalue weighted by atomic mass is 9.76. The molecule has 0 spiro atoms. The zero-order valence-corrected chi connectivity index (χ0v) is 14.4. The summed E-state index contributed by atoms with van der Waals surface area (Å²) in [4.78, 5) is 0. The van der Waals surface area contributed by atoms with Crippen molar-refractivity contribution in [3.05, 3.63) is 33.8 Å². The Bertz CT molecular complexity index is 461. The number of halogens is 1. The minimum Gasteiger partial charge on any atom is -0.388 e. The second-order valence-electron chi connectivity index (χ2n) is 6.83. The molecule has 2 heteroatoms. The fourth-order valence-electron chi connectivity index (χ4n) is 3.57. The van der Waals surface area contributed by atoms with Crippen LogP contribution in [0.2, 0.25) is 5.02 Å². The van der Waals surface area contributed by atoms with Gasteiger partial charge in [-0.2, -0.15) is 0 Å². The quantitative estimate of drug-likeness (QED) is 0.708. The molecule has 1 aliphatic rings. The van der Waals surface area contributed by atoms with Gasteiger partial charge in [-0.05, 0) is 61.3 Å². The van der Waals surface area contributed by atoms with Crippen LogP contribution in [0.15, 0.2) is 12.1 Å². The highest BCUT2D eigenvalue weighted by Crippen LogP contribution is 2.40. The van der Waals surface area contributed by atoms with Crippen LogP contribution in [0.4, 0.5) is 0 Å². The van der Waals surface area contributed by atoms with E-state index in [0.717, 1.165) is 29.3 Å². The highest BCUT2D eigenvalue weighted by molar-refractivity contribution is 6.31. The van der Waals surface area contributed by atoms with Gasteiger partial charge < -0.3 is 5.11 Å². The molecule has 1 N–H and O–H groups in total. The van der Waals surface area contributed by atoms with E-state index in [-0.39, 0.29) is 0 Å². The van der Waals surface area contributed by atoms with E-state index in [1.807, 2.05) is 6.07 Å². The molecule has 21 heavy (non-hydrogen) atoms. The molecule has 0 saturated heterocycles. The third-order valence-electron chi connectivity index (χ3n) is 5.24. The average Bonchev–Trinajstić information content (AvgIpc) is 2.48. The van der Waals surface area contributed by atoms with E-state index >= 15 is 0 Å². The van der Waals surface area contributed by atoms with Gasteiger partial charge in [0, 0.05) is 5.02 Å². The molecule has 0 heterocycles. The van der Waals surface area contributed by atoms with Crippen LogP contribution >= 0.6 is 11.6 Å². The summed E-state index contributed by atoms with van der Waals surface area (Å²) in [5.41, 5.74) is 3.33. The van der Waals surface area contributed by atoms with E-state index in [1.165, 1.54) is 43.2 Å². The molecule has 2 rings (SSSR count). The van der Waals surface area contributed by atoms with Crippen LogP contribution in [0.3, 0.4) is 0 Å². The first-order chi connectivity index (χ1) is 10.0. The van der Waals surface area contributed by atoms with Crippen molar-refractivity contribution in [2.45, 2.75) is 71.8 Å². The fourth-order valence-corrected chi connectivity index (χ4v) is 3.90. The number of hydrogen-bond donors (Lipinski definition) is 1. The van der Waals surface area contributed by atoms with Crippen LogP contribution in [0.5, 0.6) is 0 Å². The first kappa shape index (κ1) is 16.8. The number of aryl methyl sites for hydroxylation is 2. The van der Waals surface area contributed by atoms with Crippen molar-refractivity contribution in [3.63, 3.8) is 0 Å². The first-order valence-corrected chi connectivity index (χ1v) is 8.85. The molecule has 1 aromatic carbocycles. The van der Waals surface area contributed by atoms with Crippen LogP contribution in [-0.4, -0.2) is 5.11 Å². The van der Waals surface area contributed by atoms with Gasteiger partial charge >= 0.3 is 0 Å². The SMILES string of the molecule is CCCCC1CCC(C(O)c2cc(C)c(C)cc2Cl)CC1. The molecule has 0 aromatic heterocycles. The van der Waals surface area contributed by atoms with Crippen LogP contribution < -0.4 is 0 Å². The Labute approximate surface area is 134 Å². The molecule has 1 saturated carbocycles. The lowest BCUT2D eigenvalue weighted by Gasteiger charge is -2.32. The Balaban J connectivity index is 1.99. The molecule has 1 aromatic rings. The lowest BCUT2D eigenvalue weighted by molar-refractivity contribution is 0.0720. The average molecular weight is 309 g/mol. The maximum atomic E-state index is 10.7. The number of hydrogen-bond acceptors (Lipinski definition) is 1. The molecular formula is C19H29ClO. The zero-order valence-electron chi connectivity index (χ0n) is 13.7. The molecule has 0 bridgehead atoms. The number of aliphatic hydroxyl groups excluding tert-OH is 1. The van der Waals surface area contributed by atoms with Gasteiger partial charge in [0.1, 0.15) is 0 Å². The summed E-state index contributed by atoms with van der Waals surface area (Å²) in [5.74, 6) is 1.26. The van der Waals surface area contributed by atoms with Gasteiger partial charge in [0.25, 0.3) is 0 Å². The fraction of sp³-hybridized carbons (Fsp3) is 0.684. The number of aliphatic hydroxyl groups is 1. The van der Waals surface area contributed by atoms with Crippen molar-refractivity contribution >= 4 is 11.6 Å². The van der Waals surface area contributed by atoms with Crippen molar-refractivity contribution < 1.29 is 5.11 Å². The van der Waals surface area contributed by atoms with Crippen molar-refractivity contribution in [1.82, 2.24) is 0 Å². The maximum Gasteiger partial charge on any atom is 0.0832 e. The molecular weight excluding hydrogens is 280 g/mol. The van der Waals surface area contributed by atoms with Gasteiger partial charge in [0.15, 0.2) is 0 Å². The maximum absolute atomic E-state index is 10.7. The van der Waals surface area contributed by atoms with E-state index < -0.39 is 6.10 Å². The van der Waals surface area contributed by atoms with Gasteiger partial charge in [-0.1, -0.05) is 56.7 Å². The standard InChI is InChI=1S/C19H29ClO/c1-4-5-6-15-7-9-16(10-8-15)19(21)17-11-13(2)14(3)12-18(17)20/h11-12,15-16,19,21H,4-10H2,1-3H3. The first-order valence-electron chi connectivity index (χ1n) is 8.47. The van der Waals surface area contributed by atoms with Crippen molar-refractivity contribution in [2.75, 3.05) is 0 Å². The number of rotatable bonds is 5. The Morgan fingerprint density at radius 2 is 1.76 bits per heavy atom. The molecule has 1 nitrogen and oxygen atoms in total. The Kier molecular flexibility index (Phi) is 6.13. The van der Waals surface area contributed by atoms with Gasteiger partial charge in [-0.15, -0.1) is 0 Å². The molecule has 0 amide bonds. The predicted octanol–water partition coefficient (Wildman–Crippen LogP) is 5.99. The van der Waals surface area contributed by atoms with Crippen molar-refractivity contribution in [2.24, 2.45) is 11.8 Å². The lowest BCUT2D eigenvalue weighted by Crippen LogP contribution is -2.21. The summed E-state index contributed by atoms with van der Waals surface area (Å²) in [6.45, 7) is 6.41. The Morgan fingerprint density at radius 3 is 2.38 bits per heavy atom. The van der Waals surface area contributed by atoms with Gasteiger partial charge in [-0.25, -0.2) is 0 Å². The summed E-state index contributed by atoms with van der Waals surface area (Å²) >= 11 is 6.35. The second kappa shape index (κ2) is 7.65. The monoisotopic (exact) mass is 308 g/mol. The van der Waals surface area contributed by atoms with E-state index in [0.29, 0.717) is 5.92 Å². The summed E-state index contributed by atoms with van der Waals surface area (Å²) in [7, 11) is 0. The Morgan fingerprint density at radius 1 is 1.14 bits per heavy atom. The Hall–Kier alpha value is -0.530. The highest BCUT2D eigenvalue weighted by Gasteiger charge is 2.28. The molecule has 118 valence electrons. The van der Waals surface area contributed by atoms with Gasteiger partial charge in [0.2, 0.25) is 0 Å². The largest absolute Gasteiger partial charge is 0.388 e. The third kappa shape index (κ3) is 4.23. The van der Waals surface area contributed by atoms with Crippen LogP contribution in [0.1, 0.15) is 74.7 Å². The molecule has 0 radical (unpaired) electrons. The molecule has 1 atom stereocenters. The van der Waals surface area contributed by atoms with Crippen molar-refractivity contribution in [3.8, 4) is 0 Å². The zero-order chi connectivity index (χ0) is 15.4. The van der Waals surface area contributed by atoms with E-state index in [4.69, 9.17) is 11.6 Å². The normalized spacial score (nSPS) is 24.0. The smallest absolute Gasteiger partial charge is 0.0832 e. The summed E-state index contributed by atoms with van der Waals surface area (Å²) < 4.78 is 0. The number of benzene rings is 1. The van der Waals surface area contributed by atoms with Gasteiger partial charge in [-0.3, -0.25) is 0 Å². The second-order valence-corrected chi connectivity index (χ2v) is 7.23. The van der Waals surface area contributed by atoms with Gasteiger partial charge in [0.05, 0.1) is 6.10 Å². The van der Waals surface area contributed by atoms with E-state index in [1.54, 1.807) is 0 Å². The van der Waals surface area contributed by atoms with E-state index in [2.05, 4.69) is 26.8 Å². The summed E-state index contributed by atoms with van der Waals surface area (Å²) in [6.07, 6.45) is 8.42. The molecule has 1 unspecified atom stereocenters. The molecule has 0 aliphatic heterocycles. The minimum atomic E-state index is -0.399. The van der Waals surface area contributed by atoms with Crippen molar-refractivity contribution in [1.29, 1.82) is 0 Å². The van der Waals surface area contributed by atoms with Crippen LogP contribution in [-0.2, 0) is 0 Å². The summed E-state index contributed by atoms with van der Waals surface area (Å²) in [5, 5.41) is 11.4. The molecule has 1 fully saturated rings. The predicted molar refractivity (Wildman–Crippen MR) is 90.9 cm³/mol. The van der Waals surface area contributed by atoms with Crippen LogP contribution in [0.25, 0.3) is 0 Å². The molecule has 1 aliphatic carbocycles. The third-order valence-corrected chi connectivity index (χ3v) is 5.56. The minimum absolute atomic E-state index is 0.377. The topological polar surface area (TPSA) is 20.2 Å². The number of unbranched alkanes of at least 4 members (excludes halogenated alkanes) is 1. The van der Waals surface area contributed by atoms with Crippen LogP contribution in [0, 0.1) is 25.7 Å².